The number of rotatable bonds is 4. The van der Waals surface area contributed by atoms with Crippen LogP contribution in [0.5, 0.6) is 0 Å². The van der Waals surface area contributed by atoms with E-state index in [0.29, 0.717) is 24.2 Å². The fourth-order valence-corrected chi connectivity index (χ4v) is 4.06. The van der Waals surface area contributed by atoms with Crippen molar-refractivity contribution in [2.45, 2.75) is 38.1 Å². The molecule has 1 saturated carbocycles. The highest BCUT2D eigenvalue weighted by molar-refractivity contribution is 6.32. The maximum atomic E-state index is 12.9. The summed E-state index contributed by atoms with van der Waals surface area (Å²) in [4.78, 5) is 49.1. The lowest BCUT2D eigenvalue weighted by Crippen LogP contribution is -2.58. The van der Waals surface area contributed by atoms with E-state index in [1.165, 1.54) is 24.3 Å². The van der Waals surface area contributed by atoms with Gasteiger partial charge in [-0.25, -0.2) is 4.79 Å². The van der Waals surface area contributed by atoms with Crippen LogP contribution in [0.4, 0.5) is 10.5 Å². The molecule has 1 aliphatic carbocycles. The van der Waals surface area contributed by atoms with Crippen LogP contribution in [0, 0.1) is 10.1 Å². The van der Waals surface area contributed by atoms with E-state index in [1.54, 1.807) is 12.1 Å². The number of nitro benzene ring substituents is 1. The van der Waals surface area contributed by atoms with Crippen molar-refractivity contribution in [3.63, 3.8) is 0 Å². The Balaban J connectivity index is 1.62. The lowest BCUT2D eigenvalue weighted by molar-refractivity contribution is -0.384. The summed E-state index contributed by atoms with van der Waals surface area (Å²) in [5.74, 6) is -0.942. The third-order valence-corrected chi connectivity index (χ3v) is 5.73. The van der Waals surface area contributed by atoms with Crippen molar-refractivity contribution in [1.82, 2.24) is 10.2 Å². The first kappa shape index (κ1) is 20.8. The summed E-state index contributed by atoms with van der Waals surface area (Å²) < 4.78 is 5.67. The first-order valence-corrected chi connectivity index (χ1v) is 10.2. The third kappa shape index (κ3) is 4.09. The Bertz CT molecular complexity index is 1120. The van der Waals surface area contributed by atoms with Gasteiger partial charge < -0.3 is 4.42 Å². The maximum absolute atomic E-state index is 12.9. The monoisotopic (exact) mass is 443 g/mol. The first-order chi connectivity index (χ1) is 14.8. The molecule has 9 nitrogen and oxygen atoms in total. The first-order valence-electron chi connectivity index (χ1n) is 9.80. The van der Waals surface area contributed by atoms with Gasteiger partial charge in [-0.15, -0.1) is 0 Å². The zero-order valence-corrected chi connectivity index (χ0v) is 17.1. The quantitative estimate of drug-likeness (QED) is 0.325. The van der Waals surface area contributed by atoms with E-state index in [0.717, 1.165) is 24.2 Å². The van der Waals surface area contributed by atoms with Crippen molar-refractivity contribution in [2.24, 2.45) is 0 Å². The van der Waals surface area contributed by atoms with E-state index < -0.39 is 22.8 Å². The van der Waals surface area contributed by atoms with Gasteiger partial charge in [0.2, 0.25) is 0 Å². The lowest BCUT2D eigenvalue weighted by Gasteiger charge is -2.35. The predicted molar refractivity (Wildman–Crippen MR) is 111 cm³/mol. The largest absolute Gasteiger partial charge is 0.457 e. The van der Waals surface area contributed by atoms with Crippen LogP contribution in [0.1, 0.15) is 37.9 Å². The number of furan rings is 1. The van der Waals surface area contributed by atoms with E-state index in [9.17, 15) is 24.5 Å². The smallest absolute Gasteiger partial charge is 0.331 e. The maximum Gasteiger partial charge on any atom is 0.331 e. The summed E-state index contributed by atoms with van der Waals surface area (Å²) in [7, 11) is 0. The fraction of sp³-hybridized carbons (Fsp3) is 0.286. The molecule has 1 aromatic carbocycles. The molecule has 0 atom stereocenters. The van der Waals surface area contributed by atoms with Crippen LogP contribution >= 0.6 is 11.6 Å². The SMILES string of the molecule is O=C1NC(=O)N(C2CCCCC2)C(=O)/C1=C\c1ccc(-c2ccc(Cl)c([N+](=O)[O-])c2)o1. The number of nitrogens with one attached hydrogen (secondary N) is 1. The standard InChI is InChI=1S/C21H18ClN3O6/c22-16-8-6-12(10-17(16)25(29)30)18-9-7-14(31-18)11-15-19(26)23-21(28)24(20(15)27)13-4-2-1-3-5-13/h6-11,13H,1-5H2,(H,23,26,28)/b15-11-. The molecular formula is C21H18ClN3O6. The summed E-state index contributed by atoms with van der Waals surface area (Å²) >= 11 is 5.84. The number of halogens is 1. The molecule has 0 radical (unpaired) electrons. The van der Waals surface area contributed by atoms with Crippen LogP contribution in [0.2, 0.25) is 5.02 Å². The van der Waals surface area contributed by atoms with Gasteiger partial charge in [-0.2, -0.15) is 0 Å². The summed E-state index contributed by atoms with van der Waals surface area (Å²) in [5.41, 5.74) is -0.0497. The predicted octanol–water partition coefficient (Wildman–Crippen LogP) is 4.30. The van der Waals surface area contributed by atoms with Crippen molar-refractivity contribution < 1.29 is 23.7 Å². The molecular weight excluding hydrogens is 426 g/mol. The van der Waals surface area contributed by atoms with E-state index in [2.05, 4.69) is 5.32 Å². The van der Waals surface area contributed by atoms with Crippen molar-refractivity contribution >= 4 is 41.2 Å². The Morgan fingerprint density at radius 1 is 1.13 bits per heavy atom. The van der Waals surface area contributed by atoms with Gasteiger partial charge in [0.15, 0.2) is 0 Å². The molecule has 2 fully saturated rings. The van der Waals surface area contributed by atoms with E-state index in [-0.39, 0.29) is 28.1 Å². The molecule has 4 amide bonds. The minimum atomic E-state index is -0.790. The number of carbonyl (C=O) groups is 3. The Kier molecular flexibility index (Phi) is 5.60. The molecule has 1 aliphatic heterocycles. The van der Waals surface area contributed by atoms with Gasteiger partial charge in [-0.1, -0.05) is 30.9 Å². The number of hydrogen-bond donors (Lipinski definition) is 1. The van der Waals surface area contributed by atoms with Gasteiger partial charge in [0, 0.05) is 17.7 Å². The number of barbiturate groups is 1. The number of amides is 4. The molecule has 160 valence electrons. The number of nitrogens with zero attached hydrogens (tertiary/aromatic N) is 2. The summed E-state index contributed by atoms with van der Waals surface area (Å²) in [6, 6.07) is 6.39. The van der Waals surface area contributed by atoms with Gasteiger partial charge in [-0.3, -0.25) is 29.9 Å². The number of hydrogen-bond acceptors (Lipinski definition) is 6. The molecule has 1 N–H and O–H groups in total. The zero-order chi connectivity index (χ0) is 22.1. The van der Waals surface area contributed by atoms with Gasteiger partial charge in [0.1, 0.15) is 22.1 Å². The van der Waals surface area contributed by atoms with Crippen LogP contribution in [0.25, 0.3) is 17.4 Å². The molecule has 31 heavy (non-hydrogen) atoms. The molecule has 1 saturated heterocycles. The van der Waals surface area contributed by atoms with Crippen LogP contribution in [0.3, 0.4) is 0 Å². The Morgan fingerprint density at radius 3 is 2.58 bits per heavy atom. The van der Waals surface area contributed by atoms with Gasteiger partial charge >= 0.3 is 6.03 Å². The molecule has 2 aromatic rings. The van der Waals surface area contributed by atoms with E-state index >= 15 is 0 Å². The lowest BCUT2D eigenvalue weighted by atomic mass is 9.93. The molecule has 0 unspecified atom stereocenters. The molecule has 10 heteroatoms. The molecule has 4 rings (SSSR count). The van der Waals surface area contributed by atoms with Gasteiger partial charge in [0.05, 0.1) is 4.92 Å². The second-order valence-corrected chi connectivity index (χ2v) is 7.82. The molecule has 0 spiro atoms. The molecule has 2 heterocycles. The van der Waals surface area contributed by atoms with E-state index in [1.807, 2.05) is 0 Å². The average molecular weight is 444 g/mol. The second-order valence-electron chi connectivity index (χ2n) is 7.41. The summed E-state index contributed by atoms with van der Waals surface area (Å²) in [6.45, 7) is 0. The van der Waals surface area contributed by atoms with Crippen molar-refractivity contribution in [2.75, 3.05) is 0 Å². The molecule has 2 aliphatic rings. The van der Waals surface area contributed by atoms with Gasteiger partial charge in [-0.05, 0) is 43.2 Å². The Hall–Kier alpha value is -3.46. The van der Waals surface area contributed by atoms with E-state index in [4.69, 9.17) is 16.0 Å². The van der Waals surface area contributed by atoms with Crippen molar-refractivity contribution in [3.8, 4) is 11.3 Å². The number of benzene rings is 1. The van der Waals surface area contributed by atoms with Crippen molar-refractivity contribution in [3.05, 3.63) is 56.8 Å². The number of imide groups is 2. The van der Waals surface area contributed by atoms with Crippen LogP contribution in [-0.2, 0) is 9.59 Å². The normalized spacial score (nSPS) is 19.1. The minimum absolute atomic E-state index is 0.000378. The Labute approximate surface area is 181 Å². The highest BCUT2D eigenvalue weighted by Gasteiger charge is 2.40. The van der Waals surface area contributed by atoms with Gasteiger partial charge in [0.25, 0.3) is 17.5 Å². The highest BCUT2D eigenvalue weighted by atomic mass is 35.5. The second kappa shape index (κ2) is 8.35. The van der Waals surface area contributed by atoms with Crippen LogP contribution in [-0.4, -0.2) is 33.7 Å². The molecule has 0 bridgehead atoms. The minimum Gasteiger partial charge on any atom is -0.457 e. The third-order valence-electron chi connectivity index (χ3n) is 5.41. The average Bonchev–Trinajstić information content (AvgIpc) is 3.20. The summed E-state index contributed by atoms with van der Waals surface area (Å²) in [5, 5.41) is 13.3. The number of nitro groups is 1. The highest BCUT2D eigenvalue weighted by Crippen LogP contribution is 2.32. The van der Waals surface area contributed by atoms with Crippen LogP contribution in [0.15, 0.2) is 40.3 Å². The Morgan fingerprint density at radius 2 is 1.87 bits per heavy atom. The zero-order valence-electron chi connectivity index (χ0n) is 16.3. The number of urea groups is 1. The number of carbonyl (C=O) groups excluding carboxylic acids is 3. The fourth-order valence-electron chi connectivity index (χ4n) is 3.88. The van der Waals surface area contributed by atoms with Crippen molar-refractivity contribution in [1.29, 1.82) is 0 Å². The van der Waals surface area contributed by atoms with Crippen LogP contribution < -0.4 is 5.32 Å². The topological polar surface area (TPSA) is 123 Å². The summed E-state index contributed by atoms with van der Waals surface area (Å²) in [6.07, 6.45) is 5.59. The molecule has 1 aromatic heterocycles.